The first-order valence-electron chi connectivity index (χ1n) is 9.92. The monoisotopic (exact) mass is 479 g/mol. The van der Waals surface area contributed by atoms with Crippen LogP contribution >= 0.6 is 11.3 Å². The van der Waals surface area contributed by atoms with E-state index in [4.69, 9.17) is 5.26 Å². The lowest BCUT2D eigenvalue weighted by Gasteiger charge is -2.36. The van der Waals surface area contributed by atoms with Crippen molar-refractivity contribution >= 4 is 43.8 Å². The second-order valence-electron chi connectivity index (χ2n) is 7.59. The van der Waals surface area contributed by atoms with Crippen molar-refractivity contribution < 1.29 is 8.42 Å². The molecule has 1 aliphatic rings. The molecule has 0 atom stereocenters. The number of rotatable bonds is 3. The highest BCUT2D eigenvalue weighted by Gasteiger charge is 2.31. The lowest BCUT2D eigenvalue weighted by molar-refractivity contribution is 0.589. The third kappa shape index (κ3) is 3.49. The van der Waals surface area contributed by atoms with Crippen molar-refractivity contribution in [3.8, 4) is 16.5 Å². The van der Waals surface area contributed by atoms with Gasteiger partial charge in [-0.3, -0.25) is 13.9 Å². The van der Waals surface area contributed by atoms with Gasteiger partial charge in [0.2, 0.25) is 0 Å². The fourth-order valence-corrected chi connectivity index (χ4v) is 6.15. The molecular weight excluding hydrogens is 462 g/mol. The molecular formula is C22H17N5O4S2. The average molecular weight is 480 g/mol. The van der Waals surface area contributed by atoms with E-state index in [1.165, 1.54) is 33.8 Å². The molecule has 0 unspecified atom stereocenters. The number of nitrogens with one attached hydrogen (secondary N) is 2. The lowest BCUT2D eigenvalue weighted by Crippen LogP contribution is -2.42. The van der Waals surface area contributed by atoms with Gasteiger partial charge in [0.05, 0.1) is 33.8 Å². The van der Waals surface area contributed by atoms with Crippen LogP contribution in [-0.4, -0.2) is 38.5 Å². The number of hydrogen-bond donors (Lipinski definition) is 2. The summed E-state index contributed by atoms with van der Waals surface area (Å²) in [6, 6.07) is 15.5. The van der Waals surface area contributed by atoms with Gasteiger partial charge in [-0.25, -0.2) is 8.42 Å². The minimum absolute atomic E-state index is 0.00138. The molecule has 166 valence electrons. The van der Waals surface area contributed by atoms with Crippen LogP contribution in [0.3, 0.4) is 0 Å². The standard InChI is InChI=1S/C22H17N5O4S2/c1-26-8-9-27(19-10-13(2-6-18(19)26)20-7-3-14(12-23)32-20)33(30,31)15-4-5-16-17(11-15)25-22(29)21(28)24-16/h2-7,10-11H,8-9H2,1H3,(H,24,28)(H,25,29). The molecule has 5 rings (SSSR count). The van der Waals surface area contributed by atoms with Crippen molar-refractivity contribution in [2.24, 2.45) is 0 Å². The molecule has 0 radical (unpaired) electrons. The third-order valence-corrected chi connectivity index (χ3v) is 8.42. The molecule has 0 saturated carbocycles. The summed E-state index contributed by atoms with van der Waals surface area (Å²) in [6.07, 6.45) is 0. The Kier molecular flexibility index (Phi) is 4.84. The number of benzene rings is 2. The lowest BCUT2D eigenvalue weighted by atomic mass is 10.1. The van der Waals surface area contributed by atoms with Gasteiger partial charge in [0.1, 0.15) is 10.9 Å². The van der Waals surface area contributed by atoms with Gasteiger partial charge in [-0.05, 0) is 48.0 Å². The Morgan fingerprint density at radius 1 is 0.939 bits per heavy atom. The molecule has 2 aromatic carbocycles. The maximum Gasteiger partial charge on any atom is 0.314 e. The topological polar surface area (TPSA) is 130 Å². The van der Waals surface area contributed by atoms with E-state index in [9.17, 15) is 18.0 Å². The van der Waals surface area contributed by atoms with E-state index in [0.717, 1.165) is 16.1 Å². The van der Waals surface area contributed by atoms with Crippen molar-refractivity contribution in [3.63, 3.8) is 0 Å². The number of aromatic amines is 2. The Labute approximate surface area is 192 Å². The number of fused-ring (bicyclic) bond motifs is 2. The van der Waals surface area contributed by atoms with Crippen LogP contribution in [0.15, 0.2) is 63.0 Å². The van der Waals surface area contributed by atoms with E-state index in [1.54, 1.807) is 6.07 Å². The Bertz CT molecular complexity index is 1680. The zero-order chi connectivity index (χ0) is 23.3. The van der Waals surface area contributed by atoms with Gasteiger partial charge in [-0.15, -0.1) is 11.3 Å². The molecule has 0 saturated heterocycles. The summed E-state index contributed by atoms with van der Waals surface area (Å²) in [4.78, 5) is 31.6. The molecule has 0 spiro atoms. The summed E-state index contributed by atoms with van der Waals surface area (Å²) in [5.41, 5.74) is 1.03. The fourth-order valence-electron chi connectivity index (χ4n) is 3.87. The molecule has 0 fully saturated rings. The second-order valence-corrected chi connectivity index (χ2v) is 10.5. The predicted molar refractivity (Wildman–Crippen MR) is 127 cm³/mol. The van der Waals surface area contributed by atoms with Gasteiger partial charge in [-0.2, -0.15) is 5.26 Å². The minimum atomic E-state index is -3.97. The first-order chi connectivity index (χ1) is 15.8. The van der Waals surface area contributed by atoms with Gasteiger partial charge in [0, 0.05) is 18.5 Å². The molecule has 0 amide bonds. The molecule has 1 aliphatic heterocycles. The summed E-state index contributed by atoms with van der Waals surface area (Å²) in [5.74, 6) is 0. The van der Waals surface area contributed by atoms with Crippen LogP contribution < -0.4 is 20.3 Å². The van der Waals surface area contributed by atoms with Crippen molar-refractivity contribution in [3.05, 3.63) is 74.1 Å². The van der Waals surface area contributed by atoms with E-state index in [1.807, 2.05) is 36.2 Å². The van der Waals surface area contributed by atoms with Crippen LogP contribution in [0.1, 0.15) is 4.88 Å². The van der Waals surface area contributed by atoms with Gasteiger partial charge in [-0.1, -0.05) is 6.07 Å². The van der Waals surface area contributed by atoms with Gasteiger partial charge < -0.3 is 14.9 Å². The molecule has 2 aromatic heterocycles. The molecule has 3 heterocycles. The number of likely N-dealkylation sites (N-methyl/N-ethyl adjacent to an activating group) is 1. The largest absolute Gasteiger partial charge is 0.371 e. The van der Waals surface area contributed by atoms with Crippen LogP contribution in [0, 0.1) is 11.3 Å². The average Bonchev–Trinajstić information content (AvgIpc) is 3.29. The van der Waals surface area contributed by atoms with Gasteiger partial charge >= 0.3 is 11.1 Å². The number of H-pyrrole nitrogens is 2. The number of hydrogen-bond acceptors (Lipinski definition) is 7. The molecule has 2 N–H and O–H groups in total. The Balaban J connectivity index is 1.63. The van der Waals surface area contributed by atoms with Crippen LogP contribution in [-0.2, 0) is 10.0 Å². The molecule has 11 heteroatoms. The fraction of sp³-hybridized carbons (Fsp3) is 0.136. The zero-order valence-corrected chi connectivity index (χ0v) is 19.0. The third-order valence-electron chi connectivity index (χ3n) is 5.58. The van der Waals surface area contributed by atoms with E-state index < -0.39 is 21.1 Å². The highest BCUT2D eigenvalue weighted by atomic mass is 32.2. The second kappa shape index (κ2) is 7.61. The zero-order valence-electron chi connectivity index (χ0n) is 17.3. The van der Waals surface area contributed by atoms with Crippen LogP contribution in [0.25, 0.3) is 21.5 Å². The normalized spacial score (nSPS) is 13.7. The van der Waals surface area contributed by atoms with Crippen molar-refractivity contribution in [2.45, 2.75) is 4.90 Å². The summed E-state index contributed by atoms with van der Waals surface area (Å²) in [5, 5.41) is 9.13. The van der Waals surface area contributed by atoms with Crippen molar-refractivity contribution in [1.82, 2.24) is 9.97 Å². The Morgan fingerprint density at radius 2 is 1.70 bits per heavy atom. The molecule has 33 heavy (non-hydrogen) atoms. The first kappa shape index (κ1) is 21.0. The number of aromatic nitrogens is 2. The van der Waals surface area contributed by atoms with E-state index in [2.05, 4.69) is 16.0 Å². The summed E-state index contributed by atoms with van der Waals surface area (Å²) < 4.78 is 28.7. The maximum absolute atomic E-state index is 13.7. The van der Waals surface area contributed by atoms with E-state index in [-0.39, 0.29) is 17.0 Å². The Morgan fingerprint density at radius 3 is 2.42 bits per heavy atom. The highest BCUT2D eigenvalue weighted by molar-refractivity contribution is 7.92. The van der Waals surface area contributed by atoms with E-state index in [0.29, 0.717) is 22.6 Å². The summed E-state index contributed by atoms with van der Waals surface area (Å²) in [6.45, 7) is 0.740. The molecule has 0 bridgehead atoms. The van der Waals surface area contributed by atoms with Crippen LogP contribution in [0.5, 0.6) is 0 Å². The first-order valence-corrected chi connectivity index (χ1v) is 12.2. The minimum Gasteiger partial charge on any atom is -0.371 e. The SMILES string of the molecule is CN1CCN(S(=O)(=O)c2ccc3[nH]c(=O)c(=O)[nH]c3c2)c2cc(-c3ccc(C#N)s3)ccc21. The molecule has 4 aromatic rings. The Hall–Kier alpha value is -3.88. The van der Waals surface area contributed by atoms with Gasteiger partial charge in [0.15, 0.2) is 0 Å². The molecule has 0 aliphatic carbocycles. The van der Waals surface area contributed by atoms with E-state index >= 15 is 0 Å². The molecule has 9 nitrogen and oxygen atoms in total. The van der Waals surface area contributed by atoms with Gasteiger partial charge in [0.25, 0.3) is 10.0 Å². The van der Waals surface area contributed by atoms with Crippen LogP contribution in [0.2, 0.25) is 0 Å². The summed E-state index contributed by atoms with van der Waals surface area (Å²) in [7, 11) is -2.07. The number of thiophene rings is 1. The quantitative estimate of drug-likeness (QED) is 0.434. The smallest absolute Gasteiger partial charge is 0.314 e. The number of sulfonamides is 1. The number of anilines is 2. The van der Waals surface area contributed by atoms with Crippen molar-refractivity contribution in [2.75, 3.05) is 29.3 Å². The summed E-state index contributed by atoms with van der Waals surface area (Å²) >= 11 is 1.34. The maximum atomic E-state index is 13.7. The van der Waals surface area contributed by atoms with Crippen molar-refractivity contribution in [1.29, 1.82) is 5.26 Å². The number of nitrogens with zero attached hydrogens (tertiary/aromatic N) is 3. The highest BCUT2D eigenvalue weighted by Crippen LogP contribution is 2.40. The number of nitriles is 1. The predicted octanol–water partition coefficient (Wildman–Crippen LogP) is 2.46. The van der Waals surface area contributed by atoms with Crippen LogP contribution in [0.4, 0.5) is 11.4 Å².